The maximum atomic E-state index is 5.57. The molecular formula is C12H15BrN4O. The zero-order valence-electron chi connectivity index (χ0n) is 9.92. The van der Waals surface area contributed by atoms with Crippen molar-refractivity contribution in [2.24, 2.45) is 5.73 Å². The molecule has 96 valence electrons. The van der Waals surface area contributed by atoms with E-state index in [0.29, 0.717) is 26.3 Å². The molecule has 0 atom stereocenters. The standard InChI is InChI=1S/C12H15BrN4O/c13-11-3-1-10(2-4-11)9-18-6-5-17-8-12(7-14)15-16-17/h1-4,8H,5-7,9,14H2. The third-order valence-electron chi connectivity index (χ3n) is 2.44. The molecule has 2 N–H and O–H groups in total. The third-order valence-corrected chi connectivity index (χ3v) is 2.97. The van der Waals surface area contributed by atoms with Crippen molar-refractivity contribution in [2.45, 2.75) is 19.7 Å². The monoisotopic (exact) mass is 310 g/mol. The van der Waals surface area contributed by atoms with Crippen molar-refractivity contribution in [3.63, 3.8) is 0 Å². The Bertz CT molecular complexity index is 483. The average Bonchev–Trinajstić information content (AvgIpc) is 2.85. The summed E-state index contributed by atoms with van der Waals surface area (Å²) in [5.74, 6) is 0. The van der Waals surface area contributed by atoms with E-state index in [2.05, 4.69) is 26.2 Å². The number of benzene rings is 1. The summed E-state index contributed by atoms with van der Waals surface area (Å²) in [7, 11) is 0. The molecule has 0 fully saturated rings. The Morgan fingerprint density at radius 1 is 1.28 bits per heavy atom. The number of ether oxygens (including phenoxy) is 1. The van der Waals surface area contributed by atoms with Gasteiger partial charge in [0.2, 0.25) is 0 Å². The molecule has 0 bridgehead atoms. The normalized spacial score (nSPS) is 10.8. The molecule has 0 radical (unpaired) electrons. The van der Waals surface area contributed by atoms with Gasteiger partial charge in [-0.05, 0) is 17.7 Å². The van der Waals surface area contributed by atoms with E-state index in [0.717, 1.165) is 15.7 Å². The van der Waals surface area contributed by atoms with E-state index in [1.165, 1.54) is 0 Å². The summed E-state index contributed by atoms with van der Waals surface area (Å²) in [5, 5.41) is 7.85. The van der Waals surface area contributed by atoms with Gasteiger partial charge in [0.15, 0.2) is 0 Å². The molecule has 1 aromatic heterocycles. The van der Waals surface area contributed by atoms with Crippen molar-refractivity contribution in [1.82, 2.24) is 15.0 Å². The van der Waals surface area contributed by atoms with E-state index >= 15 is 0 Å². The number of nitrogens with zero attached hydrogens (tertiary/aromatic N) is 3. The Morgan fingerprint density at radius 2 is 2.06 bits per heavy atom. The number of halogens is 1. The summed E-state index contributed by atoms with van der Waals surface area (Å²) in [6.45, 7) is 2.30. The summed E-state index contributed by atoms with van der Waals surface area (Å²) in [4.78, 5) is 0. The van der Waals surface area contributed by atoms with Crippen LogP contribution < -0.4 is 5.73 Å². The Kier molecular flexibility index (Phi) is 4.86. The lowest BCUT2D eigenvalue weighted by Gasteiger charge is -2.04. The lowest BCUT2D eigenvalue weighted by atomic mass is 10.2. The third kappa shape index (κ3) is 3.90. The number of rotatable bonds is 6. The van der Waals surface area contributed by atoms with E-state index in [1.54, 1.807) is 4.68 Å². The van der Waals surface area contributed by atoms with Gasteiger partial charge in [-0.3, -0.25) is 0 Å². The first-order valence-electron chi connectivity index (χ1n) is 5.69. The van der Waals surface area contributed by atoms with Gasteiger partial charge in [-0.1, -0.05) is 33.3 Å². The van der Waals surface area contributed by atoms with Crippen LogP contribution in [0.4, 0.5) is 0 Å². The molecule has 0 saturated heterocycles. The van der Waals surface area contributed by atoms with Crippen molar-refractivity contribution in [2.75, 3.05) is 6.61 Å². The molecule has 0 aliphatic rings. The molecule has 18 heavy (non-hydrogen) atoms. The molecule has 0 spiro atoms. The molecular weight excluding hydrogens is 296 g/mol. The molecule has 6 heteroatoms. The van der Waals surface area contributed by atoms with Crippen LogP contribution in [0.5, 0.6) is 0 Å². The first kappa shape index (κ1) is 13.2. The Hall–Kier alpha value is -1.24. The highest BCUT2D eigenvalue weighted by Gasteiger charge is 1.98. The van der Waals surface area contributed by atoms with Crippen LogP contribution in [0.15, 0.2) is 34.9 Å². The van der Waals surface area contributed by atoms with Gasteiger partial charge in [-0.2, -0.15) is 0 Å². The van der Waals surface area contributed by atoms with Gasteiger partial charge in [0.05, 0.1) is 25.5 Å². The highest BCUT2D eigenvalue weighted by atomic mass is 79.9. The summed E-state index contributed by atoms with van der Waals surface area (Å²) < 4.78 is 8.38. The fourth-order valence-corrected chi connectivity index (χ4v) is 1.73. The van der Waals surface area contributed by atoms with Crippen LogP contribution in [0.3, 0.4) is 0 Å². The van der Waals surface area contributed by atoms with Gasteiger partial charge in [0, 0.05) is 17.2 Å². The molecule has 0 unspecified atom stereocenters. The highest BCUT2D eigenvalue weighted by molar-refractivity contribution is 9.10. The van der Waals surface area contributed by atoms with Crippen molar-refractivity contribution < 1.29 is 4.74 Å². The average molecular weight is 311 g/mol. The summed E-state index contributed by atoms with van der Waals surface area (Å²) in [6, 6.07) is 8.07. The second kappa shape index (κ2) is 6.63. The first-order valence-corrected chi connectivity index (χ1v) is 6.48. The molecule has 2 aromatic rings. The molecule has 2 rings (SSSR count). The van der Waals surface area contributed by atoms with Gasteiger partial charge in [-0.25, -0.2) is 4.68 Å². The van der Waals surface area contributed by atoms with E-state index in [4.69, 9.17) is 10.5 Å². The second-order valence-electron chi connectivity index (χ2n) is 3.86. The van der Waals surface area contributed by atoms with Crippen molar-refractivity contribution in [3.05, 3.63) is 46.2 Å². The Balaban J connectivity index is 1.71. The lowest BCUT2D eigenvalue weighted by molar-refractivity contribution is 0.110. The maximum absolute atomic E-state index is 5.57. The zero-order chi connectivity index (χ0) is 12.8. The summed E-state index contributed by atoms with van der Waals surface area (Å²) >= 11 is 3.40. The van der Waals surface area contributed by atoms with Crippen LogP contribution in [-0.2, 0) is 24.4 Å². The Morgan fingerprint density at radius 3 is 2.72 bits per heavy atom. The molecule has 0 amide bonds. The number of hydrogen-bond acceptors (Lipinski definition) is 4. The highest BCUT2D eigenvalue weighted by Crippen LogP contribution is 2.11. The van der Waals surface area contributed by atoms with Gasteiger partial charge >= 0.3 is 0 Å². The minimum Gasteiger partial charge on any atom is -0.375 e. The number of nitrogens with two attached hydrogens (primary N) is 1. The quantitative estimate of drug-likeness (QED) is 0.825. The van der Waals surface area contributed by atoms with E-state index in [-0.39, 0.29) is 0 Å². The minimum absolute atomic E-state index is 0.416. The van der Waals surface area contributed by atoms with Gasteiger partial charge in [0.25, 0.3) is 0 Å². The fraction of sp³-hybridized carbons (Fsp3) is 0.333. The van der Waals surface area contributed by atoms with Crippen LogP contribution in [0.1, 0.15) is 11.3 Å². The van der Waals surface area contributed by atoms with E-state index < -0.39 is 0 Å². The molecule has 1 aromatic carbocycles. The van der Waals surface area contributed by atoms with Crippen molar-refractivity contribution in [3.8, 4) is 0 Å². The van der Waals surface area contributed by atoms with Crippen molar-refractivity contribution >= 4 is 15.9 Å². The topological polar surface area (TPSA) is 66.0 Å². The van der Waals surface area contributed by atoms with Crippen LogP contribution in [0.2, 0.25) is 0 Å². The first-order chi connectivity index (χ1) is 8.78. The number of hydrogen-bond donors (Lipinski definition) is 1. The van der Waals surface area contributed by atoms with Crippen LogP contribution in [0, 0.1) is 0 Å². The molecule has 1 heterocycles. The fourth-order valence-electron chi connectivity index (χ4n) is 1.47. The second-order valence-corrected chi connectivity index (χ2v) is 4.77. The van der Waals surface area contributed by atoms with E-state index in [1.807, 2.05) is 30.5 Å². The van der Waals surface area contributed by atoms with Crippen LogP contribution >= 0.6 is 15.9 Å². The SMILES string of the molecule is NCc1cn(CCOCc2ccc(Br)cc2)nn1. The summed E-state index contributed by atoms with van der Waals surface area (Å²) in [5.41, 5.74) is 7.40. The molecule has 0 aliphatic carbocycles. The predicted octanol–water partition coefficient (Wildman–Crippen LogP) is 1.72. The van der Waals surface area contributed by atoms with Gasteiger partial charge in [0.1, 0.15) is 0 Å². The van der Waals surface area contributed by atoms with Gasteiger partial charge in [-0.15, -0.1) is 5.10 Å². The Labute approximate surface area is 114 Å². The van der Waals surface area contributed by atoms with Crippen LogP contribution in [0.25, 0.3) is 0 Å². The molecule has 0 aliphatic heterocycles. The summed E-state index contributed by atoms with van der Waals surface area (Å²) in [6.07, 6.45) is 1.84. The molecule has 0 saturated carbocycles. The van der Waals surface area contributed by atoms with Crippen LogP contribution in [-0.4, -0.2) is 21.6 Å². The predicted molar refractivity (Wildman–Crippen MR) is 71.7 cm³/mol. The molecule has 5 nitrogen and oxygen atoms in total. The number of aromatic nitrogens is 3. The van der Waals surface area contributed by atoms with Gasteiger partial charge < -0.3 is 10.5 Å². The minimum atomic E-state index is 0.416. The van der Waals surface area contributed by atoms with Crippen molar-refractivity contribution in [1.29, 1.82) is 0 Å². The smallest absolute Gasteiger partial charge is 0.0962 e. The zero-order valence-corrected chi connectivity index (χ0v) is 11.5. The van der Waals surface area contributed by atoms with E-state index in [9.17, 15) is 0 Å². The lowest BCUT2D eigenvalue weighted by Crippen LogP contribution is -2.06. The maximum Gasteiger partial charge on any atom is 0.0962 e. The largest absolute Gasteiger partial charge is 0.375 e.